The minimum atomic E-state index is -0.614. The Morgan fingerprint density at radius 1 is 1.56 bits per heavy atom. The topological polar surface area (TPSA) is 127 Å². The van der Waals surface area contributed by atoms with Crippen molar-refractivity contribution in [2.45, 2.75) is 19.9 Å². The van der Waals surface area contributed by atoms with Crippen LogP contribution in [0.25, 0.3) is 0 Å². The van der Waals surface area contributed by atoms with Crippen molar-refractivity contribution < 1.29 is 4.79 Å². The van der Waals surface area contributed by atoms with Crippen molar-refractivity contribution in [1.82, 2.24) is 9.97 Å². The van der Waals surface area contributed by atoms with Gasteiger partial charge in [0, 0.05) is 0 Å². The van der Waals surface area contributed by atoms with E-state index < -0.39 is 17.5 Å². The number of hydrogen-bond donors (Lipinski definition) is 4. The molecule has 0 aromatic carbocycles. The molecule has 0 aliphatic rings. The number of rotatable bonds is 4. The lowest BCUT2D eigenvalue weighted by molar-refractivity contribution is -0.119. The van der Waals surface area contributed by atoms with Crippen LogP contribution in [0.1, 0.15) is 13.8 Å². The fourth-order valence-electron chi connectivity index (χ4n) is 1.24. The second-order valence-electron chi connectivity index (χ2n) is 3.76. The highest BCUT2D eigenvalue weighted by Gasteiger charge is 2.20. The Kier molecular flexibility index (Phi) is 3.49. The fourth-order valence-corrected chi connectivity index (χ4v) is 1.24. The summed E-state index contributed by atoms with van der Waals surface area (Å²) in [5.74, 6) is -0.379. The smallest absolute Gasteiger partial charge is 0.276 e. The summed E-state index contributed by atoms with van der Waals surface area (Å²) in [6.07, 6.45) is 1.21. The number of primary amides is 1. The van der Waals surface area contributed by atoms with Crippen molar-refractivity contribution in [1.29, 1.82) is 0 Å². The van der Waals surface area contributed by atoms with Gasteiger partial charge >= 0.3 is 0 Å². The molecule has 0 aliphatic heterocycles. The average Bonchev–Trinajstić information content (AvgIpc) is 2.19. The SMILES string of the molecule is CC(C)C(Nc1nc[nH]c(=O)c1N)C(N)=O. The van der Waals surface area contributed by atoms with Gasteiger partial charge in [0.25, 0.3) is 5.56 Å². The van der Waals surface area contributed by atoms with Crippen LogP contribution in [0.5, 0.6) is 0 Å². The molecule has 7 nitrogen and oxygen atoms in total. The highest BCUT2D eigenvalue weighted by molar-refractivity contribution is 5.83. The Labute approximate surface area is 92.2 Å². The van der Waals surface area contributed by atoms with Crippen LogP contribution in [0.2, 0.25) is 0 Å². The number of anilines is 2. The van der Waals surface area contributed by atoms with E-state index in [4.69, 9.17) is 11.5 Å². The number of nitrogens with one attached hydrogen (secondary N) is 2. The number of amides is 1. The van der Waals surface area contributed by atoms with Gasteiger partial charge in [0.1, 0.15) is 11.7 Å². The number of nitrogens with two attached hydrogens (primary N) is 2. The van der Waals surface area contributed by atoms with Crippen LogP contribution in [-0.2, 0) is 4.79 Å². The van der Waals surface area contributed by atoms with Gasteiger partial charge in [-0.05, 0) is 5.92 Å². The number of hydrogen-bond acceptors (Lipinski definition) is 5. The zero-order valence-electron chi connectivity index (χ0n) is 9.15. The number of aromatic amines is 1. The van der Waals surface area contributed by atoms with Crippen LogP contribution in [-0.4, -0.2) is 21.9 Å². The first-order valence-electron chi connectivity index (χ1n) is 4.82. The normalized spacial score (nSPS) is 12.4. The van der Waals surface area contributed by atoms with Gasteiger partial charge in [-0.25, -0.2) is 4.98 Å². The largest absolute Gasteiger partial charge is 0.391 e. The summed E-state index contributed by atoms with van der Waals surface area (Å²) in [6.45, 7) is 3.65. The van der Waals surface area contributed by atoms with Crippen LogP contribution in [0.15, 0.2) is 11.1 Å². The molecule has 1 rings (SSSR count). The molecule has 0 bridgehead atoms. The minimum Gasteiger partial charge on any atom is -0.391 e. The van der Waals surface area contributed by atoms with Crippen molar-refractivity contribution in [2.24, 2.45) is 11.7 Å². The summed E-state index contributed by atoms with van der Waals surface area (Å²) in [6, 6.07) is -0.614. The van der Waals surface area contributed by atoms with Crippen LogP contribution in [0.3, 0.4) is 0 Å². The first-order valence-corrected chi connectivity index (χ1v) is 4.82. The maximum atomic E-state index is 11.2. The number of aromatic nitrogens is 2. The number of H-pyrrole nitrogens is 1. The van der Waals surface area contributed by atoms with Crippen molar-refractivity contribution in [3.8, 4) is 0 Å². The van der Waals surface area contributed by atoms with Crippen molar-refractivity contribution >= 4 is 17.4 Å². The molecule has 0 saturated carbocycles. The summed E-state index contributed by atoms with van der Waals surface area (Å²) in [4.78, 5) is 28.5. The van der Waals surface area contributed by atoms with E-state index in [1.54, 1.807) is 0 Å². The second kappa shape index (κ2) is 4.65. The molecule has 0 aliphatic carbocycles. The number of carbonyl (C=O) groups excluding carboxylic acids is 1. The van der Waals surface area contributed by atoms with E-state index >= 15 is 0 Å². The molecule has 1 atom stereocenters. The van der Waals surface area contributed by atoms with Crippen LogP contribution >= 0.6 is 0 Å². The van der Waals surface area contributed by atoms with Gasteiger partial charge in [-0.1, -0.05) is 13.8 Å². The first-order chi connectivity index (χ1) is 7.43. The molecule has 0 fully saturated rings. The van der Waals surface area contributed by atoms with E-state index in [1.807, 2.05) is 13.8 Å². The maximum absolute atomic E-state index is 11.2. The Bertz CT molecular complexity index is 440. The number of nitrogen functional groups attached to an aromatic ring is 1. The zero-order valence-corrected chi connectivity index (χ0v) is 9.15. The first kappa shape index (κ1) is 12.0. The summed E-state index contributed by atoms with van der Waals surface area (Å²) in [7, 11) is 0. The van der Waals surface area contributed by atoms with Crippen molar-refractivity contribution in [2.75, 3.05) is 11.1 Å². The van der Waals surface area contributed by atoms with Crippen molar-refractivity contribution in [3.05, 3.63) is 16.7 Å². The molecule has 1 amide bonds. The summed E-state index contributed by atoms with van der Waals surface area (Å²) >= 11 is 0. The predicted octanol–water partition coefficient (Wildman–Crippen LogP) is -0.726. The molecule has 0 spiro atoms. The molecule has 1 aromatic rings. The lowest BCUT2D eigenvalue weighted by Crippen LogP contribution is -2.40. The lowest BCUT2D eigenvalue weighted by atomic mass is 10.0. The third-order valence-electron chi connectivity index (χ3n) is 2.15. The summed E-state index contributed by atoms with van der Waals surface area (Å²) < 4.78 is 0. The molecule has 88 valence electrons. The molecule has 0 radical (unpaired) electrons. The molecule has 7 heteroatoms. The molecular formula is C9H15N5O2. The lowest BCUT2D eigenvalue weighted by Gasteiger charge is -2.19. The molecular weight excluding hydrogens is 210 g/mol. The second-order valence-corrected chi connectivity index (χ2v) is 3.76. The standard InChI is InChI=1S/C9H15N5O2/c1-4(2)6(7(11)15)14-8-5(10)9(16)13-3-12-8/h3-4,6H,10H2,1-2H3,(H2,11,15)(H2,12,13,14,16). The van der Waals surface area contributed by atoms with E-state index in [9.17, 15) is 9.59 Å². The highest BCUT2D eigenvalue weighted by atomic mass is 16.1. The molecule has 6 N–H and O–H groups in total. The van der Waals surface area contributed by atoms with E-state index in [1.165, 1.54) is 6.33 Å². The van der Waals surface area contributed by atoms with E-state index in [0.29, 0.717) is 0 Å². The average molecular weight is 225 g/mol. The highest BCUT2D eigenvalue weighted by Crippen LogP contribution is 2.13. The third-order valence-corrected chi connectivity index (χ3v) is 2.15. The van der Waals surface area contributed by atoms with Crippen molar-refractivity contribution in [3.63, 3.8) is 0 Å². The molecule has 1 heterocycles. The fraction of sp³-hybridized carbons (Fsp3) is 0.444. The maximum Gasteiger partial charge on any atom is 0.276 e. The van der Waals surface area contributed by atoms with Gasteiger partial charge in [0.15, 0.2) is 5.82 Å². The Morgan fingerprint density at radius 2 is 2.19 bits per heavy atom. The third kappa shape index (κ3) is 2.50. The summed E-state index contributed by atoms with van der Waals surface area (Å²) in [5.41, 5.74) is 10.2. The minimum absolute atomic E-state index is 0.0296. The van der Waals surface area contributed by atoms with E-state index in [2.05, 4.69) is 15.3 Å². The Balaban J connectivity index is 2.99. The zero-order chi connectivity index (χ0) is 12.3. The quantitative estimate of drug-likeness (QED) is 0.537. The Morgan fingerprint density at radius 3 is 2.69 bits per heavy atom. The number of nitrogens with zero attached hydrogens (tertiary/aromatic N) is 1. The predicted molar refractivity (Wildman–Crippen MR) is 60.7 cm³/mol. The molecule has 0 saturated heterocycles. The van der Waals surface area contributed by atoms with Gasteiger partial charge in [0.2, 0.25) is 5.91 Å². The van der Waals surface area contributed by atoms with E-state index in [-0.39, 0.29) is 17.4 Å². The van der Waals surface area contributed by atoms with Crippen LogP contribution < -0.4 is 22.3 Å². The molecule has 1 unspecified atom stereocenters. The van der Waals surface area contributed by atoms with Gasteiger partial charge in [-0.2, -0.15) is 0 Å². The summed E-state index contributed by atoms with van der Waals surface area (Å²) in [5, 5.41) is 2.76. The molecule has 1 aromatic heterocycles. The molecule has 16 heavy (non-hydrogen) atoms. The van der Waals surface area contributed by atoms with Gasteiger partial charge in [0.05, 0.1) is 6.33 Å². The van der Waals surface area contributed by atoms with Gasteiger partial charge in [-0.15, -0.1) is 0 Å². The van der Waals surface area contributed by atoms with Crippen LogP contribution in [0.4, 0.5) is 11.5 Å². The van der Waals surface area contributed by atoms with Crippen LogP contribution in [0, 0.1) is 5.92 Å². The number of carbonyl (C=O) groups is 1. The van der Waals surface area contributed by atoms with Gasteiger partial charge < -0.3 is 21.8 Å². The monoisotopic (exact) mass is 225 g/mol. The Hall–Kier alpha value is -2.05. The van der Waals surface area contributed by atoms with Gasteiger partial charge in [-0.3, -0.25) is 9.59 Å². The van der Waals surface area contributed by atoms with E-state index in [0.717, 1.165) is 0 Å².